The van der Waals surface area contributed by atoms with Crippen molar-refractivity contribution in [3.05, 3.63) is 0 Å². The van der Waals surface area contributed by atoms with Crippen LogP contribution in [0.5, 0.6) is 0 Å². The second-order valence-corrected chi connectivity index (χ2v) is 5.47. The number of guanidine groups is 1. The fraction of sp³-hybridized carbons (Fsp3) is 0.643. The van der Waals surface area contributed by atoms with E-state index in [-0.39, 0.29) is 32.1 Å². The fourth-order valence-electron chi connectivity index (χ4n) is 1.84. The molecule has 0 heterocycles. The lowest BCUT2D eigenvalue weighted by Gasteiger charge is -2.19. The van der Waals surface area contributed by atoms with Crippen LogP contribution in [0.15, 0.2) is 0 Å². The number of hydrogen-bond donors (Lipinski definition) is 8. The van der Waals surface area contributed by atoms with Crippen molar-refractivity contribution in [3.8, 4) is 0 Å². The lowest BCUT2D eigenvalue weighted by molar-refractivity contribution is -0.130. The standard InChI is InChI=1S/C14H27N7O5/c1-9(7-22)20-12(25)6-19-13(26)10(3-2-4-18-14(15)16)21-11(24)5-17-8-23/h8-10,22H,2-7H2,1H3,(H,17,23)(H,19,26)(H,20,25)(H,21,24)(H4,15,16,18). The second-order valence-electron chi connectivity index (χ2n) is 5.47. The van der Waals surface area contributed by atoms with Gasteiger partial charge in [0.1, 0.15) is 6.04 Å². The van der Waals surface area contributed by atoms with E-state index < -0.39 is 29.8 Å². The number of carbonyl (C=O) groups excluding carboxylic acids is 4. The molecule has 2 unspecified atom stereocenters. The number of nitrogens with one attached hydrogen (secondary N) is 6. The van der Waals surface area contributed by atoms with Gasteiger partial charge in [0, 0.05) is 12.6 Å². The van der Waals surface area contributed by atoms with Crippen LogP contribution in [0.25, 0.3) is 0 Å². The van der Waals surface area contributed by atoms with E-state index >= 15 is 0 Å². The molecular formula is C14H27N7O5. The average Bonchev–Trinajstić information content (AvgIpc) is 2.59. The molecule has 12 heteroatoms. The predicted octanol–water partition coefficient (Wildman–Crippen LogP) is -3.91. The van der Waals surface area contributed by atoms with Gasteiger partial charge in [-0.05, 0) is 19.8 Å². The largest absolute Gasteiger partial charge is 0.394 e. The first-order valence-electron chi connectivity index (χ1n) is 8.02. The number of amides is 4. The van der Waals surface area contributed by atoms with Crippen molar-refractivity contribution in [1.29, 1.82) is 5.41 Å². The predicted molar refractivity (Wildman–Crippen MR) is 92.8 cm³/mol. The number of aliphatic hydroxyl groups excluding tert-OH is 1. The summed E-state index contributed by atoms with van der Waals surface area (Å²) < 4.78 is 0. The average molecular weight is 373 g/mol. The summed E-state index contributed by atoms with van der Waals surface area (Å²) in [7, 11) is 0. The maximum absolute atomic E-state index is 12.2. The molecule has 0 bridgehead atoms. The molecule has 0 saturated heterocycles. The molecule has 0 aromatic heterocycles. The minimum absolute atomic E-state index is 0.208. The van der Waals surface area contributed by atoms with Gasteiger partial charge in [-0.15, -0.1) is 0 Å². The van der Waals surface area contributed by atoms with Gasteiger partial charge >= 0.3 is 0 Å². The smallest absolute Gasteiger partial charge is 0.243 e. The van der Waals surface area contributed by atoms with Gasteiger partial charge in [0.05, 0.1) is 19.7 Å². The van der Waals surface area contributed by atoms with E-state index in [4.69, 9.17) is 16.2 Å². The summed E-state index contributed by atoms with van der Waals surface area (Å²) in [6.45, 7) is 1.10. The molecule has 0 aliphatic carbocycles. The van der Waals surface area contributed by atoms with Crippen molar-refractivity contribution in [1.82, 2.24) is 26.6 Å². The minimum atomic E-state index is -0.923. The third-order valence-electron chi connectivity index (χ3n) is 3.09. The maximum Gasteiger partial charge on any atom is 0.243 e. The number of rotatable bonds is 13. The van der Waals surface area contributed by atoms with Crippen molar-refractivity contribution in [2.24, 2.45) is 5.73 Å². The van der Waals surface area contributed by atoms with E-state index in [0.717, 1.165) is 0 Å². The molecule has 0 aromatic carbocycles. The van der Waals surface area contributed by atoms with Crippen LogP contribution in [0.4, 0.5) is 0 Å². The van der Waals surface area contributed by atoms with Gasteiger partial charge in [-0.2, -0.15) is 0 Å². The number of nitrogens with two attached hydrogens (primary N) is 1. The van der Waals surface area contributed by atoms with E-state index in [2.05, 4.69) is 26.6 Å². The minimum Gasteiger partial charge on any atom is -0.394 e. The summed E-state index contributed by atoms with van der Waals surface area (Å²) in [6, 6.07) is -1.37. The Balaban J connectivity index is 4.55. The van der Waals surface area contributed by atoms with E-state index in [1.165, 1.54) is 0 Å². The maximum atomic E-state index is 12.2. The summed E-state index contributed by atoms with van der Waals surface area (Å²) in [4.78, 5) is 45.7. The van der Waals surface area contributed by atoms with Crippen LogP contribution in [0.3, 0.4) is 0 Å². The van der Waals surface area contributed by atoms with Gasteiger partial charge in [0.25, 0.3) is 0 Å². The Labute approximate surface area is 151 Å². The third-order valence-corrected chi connectivity index (χ3v) is 3.09. The number of carbonyl (C=O) groups is 4. The van der Waals surface area contributed by atoms with Crippen molar-refractivity contribution >= 4 is 30.1 Å². The van der Waals surface area contributed by atoms with Gasteiger partial charge < -0.3 is 37.4 Å². The van der Waals surface area contributed by atoms with Crippen LogP contribution < -0.4 is 32.3 Å². The normalized spacial score (nSPS) is 12.2. The van der Waals surface area contributed by atoms with Gasteiger partial charge in [-0.3, -0.25) is 24.6 Å². The van der Waals surface area contributed by atoms with Crippen molar-refractivity contribution in [3.63, 3.8) is 0 Å². The van der Waals surface area contributed by atoms with Crippen LogP contribution in [0, 0.1) is 5.41 Å². The first-order valence-corrected chi connectivity index (χ1v) is 8.02. The zero-order valence-corrected chi connectivity index (χ0v) is 14.6. The molecule has 0 aliphatic rings. The van der Waals surface area contributed by atoms with Crippen LogP contribution in [-0.4, -0.2) is 73.5 Å². The first-order chi connectivity index (χ1) is 12.3. The molecule has 148 valence electrons. The molecule has 0 aliphatic heterocycles. The molecule has 0 rings (SSSR count). The molecule has 26 heavy (non-hydrogen) atoms. The van der Waals surface area contributed by atoms with Crippen LogP contribution >= 0.6 is 0 Å². The van der Waals surface area contributed by atoms with E-state index in [9.17, 15) is 19.2 Å². The third kappa shape index (κ3) is 11.6. The Hall–Kier alpha value is -2.89. The monoisotopic (exact) mass is 373 g/mol. The molecule has 0 aromatic rings. The summed E-state index contributed by atoms with van der Waals surface area (Å²) >= 11 is 0. The highest BCUT2D eigenvalue weighted by atomic mass is 16.3. The molecule has 0 saturated carbocycles. The van der Waals surface area contributed by atoms with E-state index in [1.807, 2.05) is 0 Å². The highest BCUT2D eigenvalue weighted by molar-refractivity contribution is 5.91. The van der Waals surface area contributed by atoms with Gasteiger partial charge in [0.2, 0.25) is 24.1 Å². The Kier molecular flexibility index (Phi) is 11.9. The Bertz CT molecular complexity index is 500. The summed E-state index contributed by atoms with van der Waals surface area (Å²) in [6.07, 6.45) is 1.01. The lowest BCUT2D eigenvalue weighted by Crippen LogP contribution is -2.51. The van der Waals surface area contributed by atoms with E-state index in [1.54, 1.807) is 6.92 Å². The molecule has 9 N–H and O–H groups in total. The summed E-state index contributed by atoms with van der Waals surface area (Å²) in [5.74, 6) is -1.82. The molecule has 12 nitrogen and oxygen atoms in total. The summed E-state index contributed by atoms with van der Waals surface area (Å²) in [5, 5.41) is 28.0. The van der Waals surface area contributed by atoms with Crippen LogP contribution in [-0.2, 0) is 19.2 Å². The van der Waals surface area contributed by atoms with Gasteiger partial charge in [-0.1, -0.05) is 0 Å². The topological polar surface area (TPSA) is 199 Å². The fourth-order valence-corrected chi connectivity index (χ4v) is 1.84. The molecule has 0 spiro atoms. The molecule has 4 amide bonds. The summed E-state index contributed by atoms with van der Waals surface area (Å²) in [5.41, 5.74) is 5.16. The SMILES string of the molecule is CC(CO)NC(=O)CNC(=O)C(CCCNC(=N)N)NC(=O)CNC=O. The Morgan fingerprint density at radius 3 is 2.38 bits per heavy atom. The number of aliphatic hydroxyl groups is 1. The van der Waals surface area contributed by atoms with Gasteiger partial charge in [-0.25, -0.2) is 0 Å². The van der Waals surface area contributed by atoms with Gasteiger partial charge in [0.15, 0.2) is 5.96 Å². The highest BCUT2D eigenvalue weighted by Crippen LogP contribution is 1.97. The van der Waals surface area contributed by atoms with Crippen molar-refractivity contribution in [2.45, 2.75) is 31.8 Å². The Morgan fingerprint density at radius 1 is 1.15 bits per heavy atom. The quantitative estimate of drug-likeness (QED) is 0.0697. The zero-order chi connectivity index (χ0) is 19.9. The van der Waals surface area contributed by atoms with E-state index in [0.29, 0.717) is 19.4 Å². The molecule has 0 fully saturated rings. The van der Waals surface area contributed by atoms with Crippen LogP contribution in [0.1, 0.15) is 19.8 Å². The molecule has 2 atom stereocenters. The second kappa shape index (κ2) is 13.4. The lowest BCUT2D eigenvalue weighted by atomic mass is 10.1. The van der Waals surface area contributed by atoms with Crippen molar-refractivity contribution < 1.29 is 24.3 Å². The zero-order valence-electron chi connectivity index (χ0n) is 14.6. The molecule has 0 radical (unpaired) electrons. The molecular weight excluding hydrogens is 346 g/mol. The van der Waals surface area contributed by atoms with Crippen LogP contribution in [0.2, 0.25) is 0 Å². The van der Waals surface area contributed by atoms with Crippen molar-refractivity contribution in [2.75, 3.05) is 26.2 Å². The first kappa shape index (κ1) is 23.1. The highest BCUT2D eigenvalue weighted by Gasteiger charge is 2.21. The number of hydrogen-bond acceptors (Lipinski definition) is 6. The Morgan fingerprint density at radius 2 is 1.81 bits per heavy atom.